The highest BCUT2D eigenvalue weighted by molar-refractivity contribution is 7.86. The number of hydrogen-bond donors (Lipinski definition) is 1. The topological polar surface area (TPSA) is 97.7 Å². The van der Waals surface area contributed by atoms with Crippen molar-refractivity contribution in [1.82, 2.24) is 0 Å². The lowest BCUT2D eigenvalue weighted by Crippen LogP contribution is -2.10. The summed E-state index contributed by atoms with van der Waals surface area (Å²) >= 11 is 0. The molecule has 8 heteroatoms. The number of unbranched alkanes of at least 4 members (excludes halogenated alkanes) is 2. The third-order valence-electron chi connectivity index (χ3n) is 2.98. The molecule has 0 amide bonds. The van der Waals surface area contributed by atoms with Gasteiger partial charge < -0.3 is 0 Å². The largest absolute Gasteiger partial charge is 0.294 e. The third kappa shape index (κ3) is 9.82. The second kappa shape index (κ2) is 10.6. The molecule has 0 saturated heterocycles. The first-order chi connectivity index (χ1) is 11.0. The second-order valence-electron chi connectivity index (χ2n) is 5.29. The van der Waals surface area contributed by atoms with Gasteiger partial charge in [0.05, 0.1) is 17.3 Å². The molecule has 0 spiro atoms. The van der Waals surface area contributed by atoms with Crippen LogP contribution >= 0.6 is 0 Å². The fourth-order valence-corrected chi connectivity index (χ4v) is 3.51. The molecular weight excluding hydrogens is 352 g/mol. The Morgan fingerprint density at radius 2 is 1.79 bits per heavy atom. The van der Waals surface area contributed by atoms with Crippen molar-refractivity contribution in [2.24, 2.45) is 0 Å². The molecule has 0 unspecified atom stereocenters. The molecule has 1 rings (SSSR count). The first-order valence-electron chi connectivity index (χ1n) is 7.56. The van der Waals surface area contributed by atoms with Gasteiger partial charge in [0.1, 0.15) is 0 Å². The molecule has 138 valence electrons. The first-order valence-corrected chi connectivity index (χ1v) is 10.6. The lowest BCUT2D eigenvalue weighted by atomic mass is 10.2. The molecule has 0 bridgehead atoms. The van der Waals surface area contributed by atoms with Crippen LogP contribution in [0.2, 0.25) is 0 Å². The van der Waals surface area contributed by atoms with E-state index in [1.165, 1.54) is 12.1 Å². The summed E-state index contributed by atoms with van der Waals surface area (Å²) in [7, 11) is -7.34. The zero-order valence-corrected chi connectivity index (χ0v) is 16.0. The summed E-state index contributed by atoms with van der Waals surface area (Å²) < 4.78 is 56.9. The lowest BCUT2D eigenvalue weighted by molar-refractivity contribution is 0.356. The molecule has 6 nitrogen and oxygen atoms in total. The first kappa shape index (κ1) is 22.8. The molecule has 0 fully saturated rings. The van der Waals surface area contributed by atoms with E-state index in [1.54, 1.807) is 26.0 Å². The van der Waals surface area contributed by atoms with E-state index < -0.39 is 20.2 Å². The molecule has 0 saturated carbocycles. The van der Waals surface area contributed by atoms with Gasteiger partial charge in [-0.05, 0) is 37.5 Å². The van der Waals surface area contributed by atoms with Crippen LogP contribution < -0.4 is 0 Å². The van der Waals surface area contributed by atoms with Gasteiger partial charge in [0.2, 0.25) is 0 Å². The Hall–Kier alpha value is -1.22. The van der Waals surface area contributed by atoms with E-state index in [0.29, 0.717) is 12.0 Å². The van der Waals surface area contributed by atoms with Crippen LogP contribution in [0.5, 0.6) is 0 Å². The molecule has 0 radical (unpaired) electrons. The van der Waals surface area contributed by atoms with E-state index in [4.69, 9.17) is 4.55 Å². The molecule has 1 aromatic carbocycles. The molecule has 0 aromatic heterocycles. The normalized spacial score (nSPS) is 11.5. The molecular formula is C16H26O6S2. The van der Waals surface area contributed by atoms with E-state index in [2.05, 4.69) is 10.8 Å². The zero-order valence-electron chi connectivity index (χ0n) is 14.4. The summed E-state index contributed by atoms with van der Waals surface area (Å²) in [4.78, 5) is -0.0116. The van der Waals surface area contributed by atoms with Gasteiger partial charge in [-0.3, -0.25) is 8.74 Å². The predicted octanol–water partition coefficient (Wildman–Crippen LogP) is 3.26. The van der Waals surface area contributed by atoms with E-state index in [9.17, 15) is 16.8 Å². The quantitative estimate of drug-likeness (QED) is 0.323. The van der Waals surface area contributed by atoms with E-state index >= 15 is 0 Å². The maximum atomic E-state index is 11.0. The monoisotopic (exact) mass is 378 g/mol. The maximum absolute atomic E-state index is 11.0. The van der Waals surface area contributed by atoms with Gasteiger partial charge in [0, 0.05) is 0 Å². The van der Waals surface area contributed by atoms with Gasteiger partial charge in [-0.25, -0.2) is 0 Å². The third-order valence-corrected chi connectivity index (χ3v) is 5.26. The summed E-state index contributed by atoms with van der Waals surface area (Å²) in [6.07, 6.45) is 4.04. The van der Waals surface area contributed by atoms with Crippen molar-refractivity contribution in [2.75, 3.05) is 12.4 Å². The second-order valence-corrected chi connectivity index (χ2v) is 8.44. The van der Waals surface area contributed by atoms with Gasteiger partial charge in [-0.2, -0.15) is 16.8 Å². The van der Waals surface area contributed by atoms with Crippen molar-refractivity contribution in [3.8, 4) is 0 Å². The van der Waals surface area contributed by atoms with Gasteiger partial charge in [-0.15, -0.1) is 6.58 Å². The Kier molecular flexibility index (Phi) is 10.1. The van der Waals surface area contributed by atoms with Gasteiger partial charge in [-0.1, -0.05) is 38.0 Å². The van der Waals surface area contributed by atoms with E-state index in [1.807, 2.05) is 6.92 Å². The van der Waals surface area contributed by atoms with Crippen LogP contribution in [-0.4, -0.2) is 33.7 Å². The fraction of sp³-hybridized carbons (Fsp3) is 0.500. The molecule has 0 aliphatic heterocycles. The molecule has 1 aromatic rings. The van der Waals surface area contributed by atoms with Crippen molar-refractivity contribution >= 4 is 20.2 Å². The van der Waals surface area contributed by atoms with Crippen LogP contribution in [0.25, 0.3) is 0 Å². The number of hydrogen-bond acceptors (Lipinski definition) is 5. The molecule has 1 N–H and O–H groups in total. The Labute approximate surface area is 145 Å². The zero-order chi connectivity index (χ0) is 18.8. The number of benzene rings is 1. The summed E-state index contributed by atoms with van der Waals surface area (Å²) in [5.74, 6) is 0.120. The van der Waals surface area contributed by atoms with E-state index in [-0.39, 0.29) is 17.3 Å². The lowest BCUT2D eigenvalue weighted by Gasteiger charge is -2.02. The van der Waals surface area contributed by atoms with Crippen LogP contribution in [0.3, 0.4) is 0 Å². The highest BCUT2D eigenvalue weighted by Gasteiger charge is 2.12. The van der Waals surface area contributed by atoms with E-state index in [0.717, 1.165) is 18.4 Å². The Balaban J connectivity index is 0.000000441. The van der Waals surface area contributed by atoms with Crippen molar-refractivity contribution in [1.29, 1.82) is 0 Å². The van der Waals surface area contributed by atoms with Crippen molar-refractivity contribution in [3.63, 3.8) is 0 Å². The fourth-order valence-electron chi connectivity index (χ4n) is 1.72. The van der Waals surface area contributed by atoms with Crippen LogP contribution in [0, 0.1) is 13.8 Å². The Morgan fingerprint density at radius 3 is 2.25 bits per heavy atom. The van der Waals surface area contributed by atoms with Crippen molar-refractivity contribution < 1.29 is 25.6 Å². The average Bonchev–Trinajstić information content (AvgIpc) is 2.47. The van der Waals surface area contributed by atoms with Crippen LogP contribution in [0.1, 0.15) is 37.3 Å². The minimum absolute atomic E-state index is 0.0116. The Bertz CT molecular complexity index is 721. The predicted molar refractivity (Wildman–Crippen MR) is 95.2 cm³/mol. The number of rotatable bonds is 8. The molecule has 0 aliphatic carbocycles. The standard InChI is InChI=1S/C8H10O3S.C8H16O3S/c1-6-3-4-7(2)8(5-6)12(9,10)11;1-3-5-6-8-12(9,10)11-7-4-2/h3-5H,1-2H3,(H,9,10,11);4H,2-3,5-8H2,1H3. The summed E-state index contributed by atoms with van der Waals surface area (Å²) in [6, 6.07) is 4.91. The minimum atomic E-state index is -4.06. The average molecular weight is 379 g/mol. The summed E-state index contributed by atoms with van der Waals surface area (Å²) in [6.45, 7) is 8.89. The molecule has 0 atom stereocenters. The molecule has 24 heavy (non-hydrogen) atoms. The molecule has 0 aliphatic rings. The van der Waals surface area contributed by atoms with Crippen LogP contribution in [0.15, 0.2) is 35.7 Å². The summed E-state index contributed by atoms with van der Waals surface area (Å²) in [5.41, 5.74) is 1.37. The maximum Gasteiger partial charge on any atom is 0.294 e. The number of aryl methyl sites for hydroxylation is 2. The van der Waals surface area contributed by atoms with Crippen molar-refractivity contribution in [2.45, 2.75) is 44.9 Å². The smallest absolute Gasteiger partial charge is 0.282 e. The SMILES string of the molecule is C=CCOS(=O)(=O)CCCCC.Cc1ccc(C)c(S(=O)(=O)O)c1. The van der Waals surface area contributed by atoms with Gasteiger partial charge >= 0.3 is 0 Å². The van der Waals surface area contributed by atoms with Crippen LogP contribution in [0.4, 0.5) is 0 Å². The van der Waals surface area contributed by atoms with Gasteiger partial charge in [0.15, 0.2) is 0 Å². The Morgan fingerprint density at radius 1 is 1.17 bits per heavy atom. The van der Waals surface area contributed by atoms with Gasteiger partial charge in [0.25, 0.3) is 20.2 Å². The minimum Gasteiger partial charge on any atom is -0.282 e. The summed E-state index contributed by atoms with van der Waals surface area (Å²) in [5, 5.41) is 0. The highest BCUT2D eigenvalue weighted by Crippen LogP contribution is 2.15. The molecule has 0 heterocycles. The van der Waals surface area contributed by atoms with Crippen molar-refractivity contribution in [3.05, 3.63) is 42.0 Å². The van der Waals surface area contributed by atoms with Crippen LogP contribution in [-0.2, 0) is 24.4 Å². The highest BCUT2D eigenvalue weighted by atomic mass is 32.2.